The zero-order valence-corrected chi connectivity index (χ0v) is 17.1. The van der Waals surface area contributed by atoms with Gasteiger partial charge in [-0.25, -0.2) is 4.79 Å². The minimum atomic E-state index is -1.22. The molecule has 2 aliphatic rings. The average Bonchev–Trinajstić information content (AvgIpc) is 2.81. The lowest BCUT2D eigenvalue weighted by Gasteiger charge is -2.28. The van der Waals surface area contributed by atoms with Crippen molar-refractivity contribution in [3.63, 3.8) is 0 Å². The third-order valence-electron chi connectivity index (χ3n) is 5.28. The van der Waals surface area contributed by atoms with Gasteiger partial charge in [-0.1, -0.05) is 18.6 Å². The van der Waals surface area contributed by atoms with Gasteiger partial charge in [0.25, 0.3) is 0 Å². The van der Waals surface area contributed by atoms with E-state index in [0.29, 0.717) is 17.0 Å². The van der Waals surface area contributed by atoms with Crippen LogP contribution in [0.2, 0.25) is 0 Å². The lowest BCUT2D eigenvalue weighted by Crippen LogP contribution is -2.41. The molecule has 152 valence electrons. The molecule has 0 fully saturated rings. The smallest absolute Gasteiger partial charge is 0.341 e. The van der Waals surface area contributed by atoms with Gasteiger partial charge in [0.2, 0.25) is 5.91 Å². The Bertz CT molecular complexity index is 795. The Kier molecular flexibility index (Phi) is 6.54. The molecule has 3 rings (SSSR count). The molecule has 0 saturated heterocycles. The predicted octanol–water partition coefficient (Wildman–Crippen LogP) is 2.85. The van der Waals surface area contributed by atoms with Crippen LogP contribution in [-0.4, -0.2) is 23.9 Å². The minimum absolute atomic E-state index is 0.261. The first-order valence-corrected chi connectivity index (χ1v) is 10.7. The number of carbonyl (C=O) groups excluding carboxylic acids is 3. The van der Waals surface area contributed by atoms with Crippen LogP contribution < -0.4 is 10.4 Å². The second kappa shape index (κ2) is 8.90. The summed E-state index contributed by atoms with van der Waals surface area (Å²) < 4.78 is 5.43. The van der Waals surface area contributed by atoms with Crippen LogP contribution in [0.4, 0.5) is 5.00 Å². The maximum absolute atomic E-state index is 12.9. The fourth-order valence-corrected chi connectivity index (χ4v) is 5.17. The van der Waals surface area contributed by atoms with Crippen molar-refractivity contribution in [1.29, 1.82) is 0 Å². The number of ether oxygens (including phenoxy) is 1. The fraction of sp³-hybridized carbons (Fsp3) is 0.571. The summed E-state index contributed by atoms with van der Waals surface area (Å²) in [4.78, 5) is 38.2. The SMILES string of the molecule is CC(C)OC(=O)c1c(NC(=O)[C@@H]2CC=CC[C@@H]2C(=O)[O-])sc2c1CCCCC2. The standard InChI is InChI=1S/C21H27NO5S/c1-12(2)27-21(26)17-15-10-4-3-5-11-16(15)28-19(17)22-18(23)13-8-6-7-9-14(13)20(24)25/h6-7,12-14H,3-5,8-11H2,1-2H3,(H,22,23)(H,24,25)/p-1/t13-,14+/m1/s1. The number of hydrogen-bond acceptors (Lipinski definition) is 6. The van der Waals surface area contributed by atoms with Gasteiger partial charge in [-0.15, -0.1) is 11.3 Å². The van der Waals surface area contributed by atoms with E-state index in [2.05, 4.69) is 5.32 Å². The number of anilines is 1. The summed E-state index contributed by atoms with van der Waals surface area (Å²) in [5, 5.41) is 14.8. The van der Waals surface area contributed by atoms with Crippen molar-refractivity contribution in [1.82, 2.24) is 0 Å². The number of carboxylic acid groups (broad SMARTS) is 1. The van der Waals surface area contributed by atoms with E-state index in [-0.39, 0.29) is 18.4 Å². The number of amides is 1. The molecular formula is C21H26NO5S-. The van der Waals surface area contributed by atoms with Crippen molar-refractivity contribution in [2.24, 2.45) is 11.8 Å². The Labute approximate surface area is 169 Å². The number of thiophene rings is 1. The van der Waals surface area contributed by atoms with E-state index in [1.165, 1.54) is 11.3 Å². The molecule has 1 heterocycles. The predicted molar refractivity (Wildman–Crippen MR) is 105 cm³/mol. The van der Waals surface area contributed by atoms with E-state index in [1.807, 2.05) is 6.08 Å². The van der Waals surface area contributed by atoms with Crippen molar-refractivity contribution < 1.29 is 24.2 Å². The van der Waals surface area contributed by atoms with Gasteiger partial charge in [0.05, 0.1) is 17.6 Å². The molecule has 1 amide bonds. The third-order valence-corrected chi connectivity index (χ3v) is 6.48. The quantitative estimate of drug-likeness (QED) is 0.462. The molecule has 7 heteroatoms. The molecule has 2 aliphatic carbocycles. The third kappa shape index (κ3) is 4.46. The summed E-state index contributed by atoms with van der Waals surface area (Å²) in [6, 6.07) is 0. The number of aliphatic carboxylic acids is 1. The minimum Gasteiger partial charge on any atom is -0.550 e. The Balaban J connectivity index is 1.90. The van der Waals surface area contributed by atoms with Gasteiger partial charge in [-0.3, -0.25) is 4.79 Å². The number of allylic oxidation sites excluding steroid dienone is 2. The highest BCUT2D eigenvalue weighted by atomic mass is 32.1. The van der Waals surface area contributed by atoms with Crippen molar-refractivity contribution in [2.45, 2.75) is 64.9 Å². The van der Waals surface area contributed by atoms with Gasteiger partial charge < -0.3 is 20.0 Å². The van der Waals surface area contributed by atoms with Gasteiger partial charge in [0, 0.05) is 16.8 Å². The summed E-state index contributed by atoms with van der Waals surface area (Å²) in [6.07, 6.45) is 8.80. The summed E-state index contributed by atoms with van der Waals surface area (Å²) in [5.74, 6) is -3.58. The zero-order chi connectivity index (χ0) is 20.3. The average molecular weight is 405 g/mol. The van der Waals surface area contributed by atoms with Gasteiger partial charge in [-0.2, -0.15) is 0 Å². The number of hydrogen-bond donors (Lipinski definition) is 1. The number of fused-ring (bicyclic) bond motifs is 1. The van der Waals surface area contributed by atoms with E-state index >= 15 is 0 Å². The normalized spacial score (nSPS) is 21.7. The molecule has 28 heavy (non-hydrogen) atoms. The molecule has 0 spiro atoms. The van der Waals surface area contributed by atoms with Crippen molar-refractivity contribution in [3.8, 4) is 0 Å². The fourth-order valence-electron chi connectivity index (χ4n) is 3.89. The second-order valence-corrected chi connectivity index (χ2v) is 8.79. The van der Waals surface area contributed by atoms with E-state index < -0.39 is 23.8 Å². The molecule has 1 N–H and O–H groups in total. The van der Waals surface area contributed by atoms with Crippen LogP contribution in [0.3, 0.4) is 0 Å². The Morgan fingerprint density at radius 3 is 2.46 bits per heavy atom. The van der Waals surface area contributed by atoms with Crippen LogP contribution in [0.25, 0.3) is 0 Å². The van der Waals surface area contributed by atoms with Gasteiger partial charge in [0.15, 0.2) is 0 Å². The van der Waals surface area contributed by atoms with E-state index in [0.717, 1.165) is 42.5 Å². The highest BCUT2D eigenvalue weighted by Crippen LogP contribution is 2.39. The first-order chi connectivity index (χ1) is 13.4. The summed E-state index contributed by atoms with van der Waals surface area (Å²) in [7, 11) is 0. The first kappa shape index (κ1) is 20.6. The second-order valence-electron chi connectivity index (χ2n) is 7.69. The number of rotatable bonds is 5. The molecule has 0 saturated carbocycles. The Hall–Kier alpha value is -2.15. The number of esters is 1. The van der Waals surface area contributed by atoms with E-state index in [1.54, 1.807) is 19.9 Å². The monoisotopic (exact) mass is 404 g/mol. The zero-order valence-electron chi connectivity index (χ0n) is 16.3. The van der Waals surface area contributed by atoms with Gasteiger partial charge in [-0.05, 0) is 57.9 Å². The molecule has 0 aliphatic heterocycles. The molecule has 1 aromatic rings. The highest BCUT2D eigenvalue weighted by Gasteiger charge is 2.33. The van der Waals surface area contributed by atoms with Gasteiger partial charge in [0.1, 0.15) is 5.00 Å². The number of nitrogens with one attached hydrogen (secondary N) is 1. The molecule has 0 unspecified atom stereocenters. The van der Waals surface area contributed by atoms with E-state index in [4.69, 9.17) is 4.74 Å². The van der Waals surface area contributed by atoms with Crippen LogP contribution in [0.15, 0.2) is 12.2 Å². The molecule has 0 bridgehead atoms. The van der Waals surface area contributed by atoms with Crippen molar-refractivity contribution in [2.75, 3.05) is 5.32 Å². The topological polar surface area (TPSA) is 95.5 Å². The largest absolute Gasteiger partial charge is 0.550 e. The first-order valence-electron chi connectivity index (χ1n) is 9.90. The number of aryl methyl sites for hydroxylation is 1. The molecule has 2 atom stereocenters. The summed E-state index contributed by atoms with van der Waals surface area (Å²) in [5.41, 5.74) is 1.42. The molecule has 1 aromatic heterocycles. The van der Waals surface area contributed by atoms with Crippen LogP contribution in [0.1, 0.15) is 66.8 Å². The number of carbonyl (C=O) groups is 3. The van der Waals surface area contributed by atoms with Crippen LogP contribution in [0, 0.1) is 11.8 Å². The highest BCUT2D eigenvalue weighted by molar-refractivity contribution is 7.17. The molecule has 6 nitrogen and oxygen atoms in total. The Morgan fingerprint density at radius 2 is 1.79 bits per heavy atom. The summed E-state index contributed by atoms with van der Waals surface area (Å²) >= 11 is 1.42. The van der Waals surface area contributed by atoms with Crippen LogP contribution >= 0.6 is 11.3 Å². The molecule has 0 aromatic carbocycles. The maximum Gasteiger partial charge on any atom is 0.341 e. The van der Waals surface area contributed by atoms with Crippen molar-refractivity contribution >= 4 is 34.2 Å². The van der Waals surface area contributed by atoms with Crippen LogP contribution in [-0.2, 0) is 27.2 Å². The number of carboxylic acids is 1. The molecule has 0 radical (unpaired) electrons. The Morgan fingerprint density at radius 1 is 1.11 bits per heavy atom. The summed E-state index contributed by atoms with van der Waals surface area (Å²) in [6.45, 7) is 3.58. The van der Waals surface area contributed by atoms with Crippen molar-refractivity contribution in [3.05, 3.63) is 28.2 Å². The maximum atomic E-state index is 12.9. The van der Waals surface area contributed by atoms with Gasteiger partial charge >= 0.3 is 5.97 Å². The lowest BCUT2D eigenvalue weighted by molar-refractivity contribution is -0.313. The van der Waals surface area contributed by atoms with Crippen LogP contribution in [0.5, 0.6) is 0 Å². The molecular weight excluding hydrogens is 378 g/mol. The van der Waals surface area contributed by atoms with E-state index in [9.17, 15) is 19.5 Å². The lowest BCUT2D eigenvalue weighted by atomic mass is 9.82.